The second-order valence-corrected chi connectivity index (χ2v) is 7.40. The highest BCUT2D eigenvalue weighted by atomic mass is 32.1. The van der Waals surface area contributed by atoms with Gasteiger partial charge in [-0.25, -0.2) is 4.98 Å². The Morgan fingerprint density at radius 2 is 2.12 bits per heavy atom. The van der Waals surface area contributed by atoms with Crippen molar-refractivity contribution in [2.75, 3.05) is 0 Å². The van der Waals surface area contributed by atoms with Crippen molar-refractivity contribution in [1.82, 2.24) is 28.7 Å². The highest BCUT2D eigenvalue weighted by Crippen LogP contribution is 2.28. The van der Waals surface area contributed by atoms with Gasteiger partial charge in [-0.05, 0) is 44.4 Å². The number of fused-ring (bicyclic) bond motifs is 1. The minimum Gasteiger partial charge on any atom is -0.473 e. The van der Waals surface area contributed by atoms with E-state index in [0.717, 1.165) is 33.1 Å². The molecular formula is C18H20N6OS. The molecule has 4 aromatic rings. The van der Waals surface area contributed by atoms with Crippen LogP contribution in [0.5, 0.6) is 5.88 Å². The van der Waals surface area contributed by atoms with Gasteiger partial charge in [0.1, 0.15) is 11.3 Å². The first kappa shape index (κ1) is 16.7. The molecule has 0 spiro atoms. The van der Waals surface area contributed by atoms with Crippen molar-refractivity contribution in [1.29, 1.82) is 0 Å². The SMILES string of the molecule is Cc1cc(Cc2nc(OC(C)C)c3c(ccn3-c3cnn(C)c3)n2)sn1. The Morgan fingerprint density at radius 3 is 2.77 bits per heavy atom. The fourth-order valence-corrected chi connectivity index (χ4v) is 3.58. The molecular weight excluding hydrogens is 348 g/mol. The van der Waals surface area contributed by atoms with Crippen LogP contribution in [-0.4, -0.2) is 34.8 Å². The van der Waals surface area contributed by atoms with Gasteiger partial charge in [0.05, 0.1) is 29.2 Å². The van der Waals surface area contributed by atoms with Gasteiger partial charge in [0.15, 0.2) is 0 Å². The van der Waals surface area contributed by atoms with Gasteiger partial charge in [-0.2, -0.15) is 14.5 Å². The largest absolute Gasteiger partial charge is 0.473 e. The summed E-state index contributed by atoms with van der Waals surface area (Å²) in [6, 6.07) is 4.06. The summed E-state index contributed by atoms with van der Waals surface area (Å²) < 4.78 is 14.1. The summed E-state index contributed by atoms with van der Waals surface area (Å²) in [7, 11) is 1.90. The average molecular weight is 368 g/mol. The van der Waals surface area contributed by atoms with Gasteiger partial charge < -0.3 is 9.30 Å². The van der Waals surface area contributed by atoms with Crippen LogP contribution in [0, 0.1) is 6.92 Å². The molecule has 0 aliphatic carbocycles. The molecule has 0 N–H and O–H groups in total. The lowest BCUT2D eigenvalue weighted by Gasteiger charge is -2.13. The molecule has 0 amide bonds. The lowest BCUT2D eigenvalue weighted by molar-refractivity contribution is 0.234. The molecule has 0 bridgehead atoms. The van der Waals surface area contributed by atoms with E-state index < -0.39 is 0 Å². The molecule has 8 heteroatoms. The Hall–Kier alpha value is -2.74. The first-order valence-corrected chi connectivity index (χ1v) is 9.23. The number of rotatable bonds is 5. The van der Waals surface area contributed by atoms with Crippen LogP contribution in [0.4, 0.5) is 0 Å². The third-order valence-electron chi connectivity index (χ3n) is 3.87. The van der Waals surface area contributed by atoms with Crippen molar-refractivity contribution in [3.05, 3.63) is 47.1 Å². The standard InChI is InChI=1S/C18H20N6OS/c1-11(2)25-18-17-15(5-6-24(17)13-9-19-23(4)10-13)20-16(21-18)8-14-7-12(3)22-26-14/h5-7,9-11H,8H2,1-4H3. The molecule has 0 atom stereocenters. The molecule has 0 unspecified atom stereocenters. The third kappa shape index (κ3) is 3.20. The van der Waals surface area contributed by atoms with Gasteiger partial charge in [-0.1, -0.05) is 0 Å². The number of hydrogen-bond acceptors (Lipinski definition) is 6. The molecule has 26 heavy (non-hydrogen) atoms. The fraction of sp³-hybridized carbons (Fsp3) is 0.333. The van der Waals surface area contributed by atoms with Crippen LogP contribution in [0.3, 0.4) is 0 Å². The smallest absolute Gasteiger partial charge is 0.242 e. The molecule has 4 aromatic heterocycles. The lowest BCUT2D eigenvalue weighted by atomic mass is 10.3. The highest BCUT2D eigenvalue weighted by Gasteiger charge is 2.17. The van der Waals surface area contributed by atoms with E-state index in [0.29, 0.717) is 12.3 Å². The van der Waals surface area contributed by atoms with E-state index in [2.05, 4.69) is 15.5 Å². The van der Waals surface area contributed by atoms with E-state index in [4.69, 9.17) is 14.7 Å². The summed E-state index contributed by atoms with van der Waals surface area (Å²) >= 11 is 1.49. The lowest BCUT2D eigenvalue weighted by Crippen LogP contribution is -2.10. The Morgan fingerprint density at radius 1 is 1.27 bits per heavy atom. The molecule has 0 aliphatic heterocycles. The molecule has 134 valence electrons. The second kappa shape index (κ2) is 6.53. The topological polar surface area (TPSA) is 70.7 Å². The number of ether oxygens (including phenoxy) is 1. The highest BCUT2D eigenvalue weighted by molar-refractivity contribution is 7.05. The van der Waals surface area contributed by atoms with Gasteiger partial charge in [0, 0.05) is 30.7 Å². The number of aromatic nitrogens is 6. The van der Waals surface area contributed by atoms with Gasteiger partial charge in [-0.15, -0.1) is 0 Å². The van der Waals surface area contributed by atoms with Gasteiger partial charge >= 0.3 is 0 Å². The monoisotopic (exact) mass is 368 g/mol. The summed E-state index contributed by atoms with van der Waals surface area (Å²) in [4.78, 5) is 10.6. The van der Waals surface area contributed by atoms with Crippen molar-refractivity contribution in [3.8, 4) is 11.6 Å². The fourth-order valence-electron chi connectivity index (χ4n) is 2.85. The Labute approximate surface area is 155 Å². The number of nitrogens with zero attached hydrogens (tertiary/aromatic N) is 6. The van der Waals surface area contributed by atoms with Crippen molar-refractivity contribution in [2.24, 2.45) is 7.05 Å². The minimum atomic E-state index is 0.0175. The number of hydrogen-bond donors (Lipinski definition) is 0. The van der Waals surface area contributed by atoms with Gasteiger partial charge in [0.2, 0.25) is 5.88 Å². The zero-order chi connectivity index (χ0) is 18.3. The molecule has 0 saturated carbocycles. The molecule has 4 rings (SSSR count). The van der Waals surface area contributed by atoms with Crippen molar-refractivity contribution in [3.63, 3.8) is 0 Å². The maximum atomic E-state index is 6.03. The van der Waals surface area contributed by atoms with Crippen molar-refractivity contribution in [2.45, 2.75) is 33.3 Å². The third-order valence-corrected chi connectivity index (χ3v) is 4.75. The van der Waals surface area contributed by atoms with E-state index in [1.807, 2.05) is 57.0 Å². The molecule has 0 aromatic carbocycles. The van der Waals surface area contributed by atoms with Gasteiger partial charge in [0.25, 0.3) is 0 Å². The van der Waals surface area contributed by atoms with E-state index in [1.165, 1.54) is 11.5 Å². The van der Waals surface area contributed by atoms with Crippen LogP contribution < -0.4 is 4.74 Å². The normalized spacial score (nSPS) is 11.6. The Balaban J connectivity index is 1.82. The van der Waals surface area contributed by atoms with Crippen LogP contribution in [0.15, 0.2) is 30.7 Å². The van der Waals surface area contributed by atoms with Crippen LogP contribution in [-0.2, 0) is 13.5 Å². The summed E-state index contributed by atoms with van der Waals surface area (Å²) in [5.74, 6) is 1.33. The predicted octanol–water partition coefficient (Wildman–Crippen LogP) is 3.30. The van der Waals surface area contributed by atoms with Crippen LogP contribution >= 0.6 is 11.5 Å². The molecule has 7 nitrogen and oxygen atoms in total. The van der Waals surface area contributed by atoms with Crippen LogP contribution in [0.25, 0.3) is 16.7 Å². The quantitative estimate of drug-likeness (QED) is 0.540. The first-order valence-electron chi connectivity index (χ1n) is 8.45. The molecule has 0 saturated heterocycles. The second-order valence-electron chi connectivity index (χ2n) is 6.51. The zero-order valence-electron chi connectivity index (χ0n) is 15.2. The summed E-state index contributed by atoms with van der Waals surface area (Å²) in [5.41, 5.74) is 3.68. The van der Waals surface area contributed by atoms with E-state index in [1.54, 1.807) is 4.68 Å². The molecule has 4 heterocycles. The maximum absolute atomic E-state index is 6.03. The molecule has 0 aliphatic rings. The Bertz CT molecular complexity index is 1060. The first-order chi connectivity index (χ1) is 12.5. The van der Waals surface area contributed by atoms with E-state index in [9.17, 15) is 0 Å². The Kier molecular flexibility index (Phi) is 4.20. The van der Waals surface area contributed by atoms with Crippen molar-refractivity contribution < 1.29 is 4.74 Å². The minimum absolute atomic E-state index is 0.0175. The summed E-state index contributed by atoms with van der Waals surface area (Å²) in [5, 5.41) is 4.25. The predicted molar refractivity (Wildman–Crippen MR) is 101 cm³/mol. The van der Waals surface area contributed by atoms with Crippen LogP contribution in [0.1, 0.15) is 30.2 Å². The van der Waals surface area contributed by atoms with E-state index >= 15 is 0 Å². The molecule has 0 radical (unpaired) electrons. The van der Waals surface area contributed by atoms with Crippen LogP contribution in [0.2, 0.25) is 0 Å². The maximum Gasteiger partial charge on any atom is 0.242 e. The summed E-state index contributed by atoms with van der Waals surface area (Å²) in [6.45, 7) is 5.99. The average Bonchev–Trinajstić information content (AvgIpc) is 3.27. The molecule has 0 fully saturated rings. The van der Waals surface area contributed by atoms with Crippen molar-refractivity contribution >= 4 is 22.6 Å². The summed E-state index contributed by atoms with van der Waals surface area (Å²) in [6.07, 6.45) is 6.40. The zero-order valence-corrected chi connectivity index (χ0v) is 16.0. The van der Waals surface area contributed by atoms with E-state index in [-0.39, 0.29) is 6.10 Å². The van der Waals surface area contributed by atoms with Gasteiger partial charge in [-0.3, -0.25) is 4.68 Å². The number of aryl methyl sites for hydroxylation is 2.